The Labute approximate surface area is 246 Å². The fourth-order valence-electron chi connectivity index (χ4n) is 4.51. The topological polar surface area (TPSA) is 35.9 Å². The lowest BCUT2D eigenvalue weighted by Crippen LogP contribution is -2.56. The van der Waals surface area contributed by atoms with Gasteiger partial charge in [0.2, 0.25) is 5.91 Å². The average molecular weight is 556 g/mol. The van der Waals surface area contributed by atoms with Gasteiger partial charge in [-0.1, -0.05) is 77.8 Å². The molecule has 1 fully saturated rings. The van der Waals surface area contributed by atoms with Crippen LogP contribution in [0.5, 0.6) is 0 Å². The number of allylic oxidation sites excluding steroid dienone is 11. The fraction of sp³-hybridized carbons (Fsp3) is 0.600. The van der Waals surface area contributed by atoms with Crippen molar-refractivity contribution in [1.29, 1.82) is 0 Å². The van der Waals surface area contributed by atoms with Crippen molar-refractivity contribution < 1.29 is 9.18 Å². The molecule has 0 radical (unpaired) electrons. The summed E-state index contributed by atoms with van der Waals surface area (Å²) < 4.78 is 13.0. The maximum Gasteiger partial charge on any atom is 0.228 e. The number of nitrogens with zero attached hydrogens (tertiary/aromatic N) is 3. The Balaban J connectivity index is 0.000000983. The van der Waals surface area contributed by atoms with Crippen molar-refractivity contribution in [1.82, 2.24) is 9.80 Å². The van der Waals surface area contributed by atoms with Crippen molar-refractivity contribution in [3.8, 4) is 0 Å². The molecule has 1 atom stereocenters. The van der Waals surface area contributed by atoms with Crippen LogP contribution in [0.4, 0.5) is 4.39 Å². The van der Waals surface area contributed by atoms with Gasteiger partial charge >= 0.3 is 0 Å². The Hall–Kier alpha value is -2.69. The molecule has 0 aromatic rings. The minimum Gasteiger partial charge on any atom is -0.371 e. The molecule has 1 heterocycles. The van der Waals surface area contributed by atoms with E-state index in [1.54, 1.807) is 12.2 Å². The van der Waals surface area contributed by atoms with E-state index in [4.69, 9.17) is 0 Å². The van der Waals surface area contributed by atoms with Crippen LogP contribution in [0.2, 0.25) is 0 Å². The summed E-state index contributed by atoms with van der Waals surface area (Å²) in [6.45, 7) is 27.3. The summed E-state index contributed by atoms with van der Waals surface area (Å²) >= 11 is 0. The lowest BCUT2D eigenvalue weighted by molar-refractivity contribution is -0.143. The van der Waals surface area contributed by atoms with Gasteiger partial charge in [0, 0.05) is 54.3 Å². The molecular formula is C35H58FN3O. The normalized spacial score (nSPS) is 18.8. The zero-order chi connectivity index (χ0) is 30.9. The molecule has 1 unspecified atom stereocenters. The third-order valence-corrected chi connectivity index (χ3v) is 6.82. The van der Waals surface area contributed by atoms with Gasteiger partial charge < -0.3 is 9.80 Å². The van der Waals surface area contributed by atoms with Crippen LogP contribution in [0.15, 0.2) is 75.9 Å². The highest BCUT2D eigenvalue weighted by Crippen LogP contribution is 2.26. The summed E-state index contributed by atoms with van der Waals surface area (Å²) in [5.41, 5.74) is 5.49. The van der Waals surface area contributed by atoms with E-state index in [0.717, 1.165) is 56.6 Å². The average Bonchev–Trinajstić information content (AvgIpc) is 2.88. The van der Waals surface area contributed by atoms with E-state index < -0.39 is 0 Å². The number of carbonyl (C=O) groups excluding carboxylic acids is 1. The molecule has 40 heavy (non-hydrogen) atoms. The molecule has 1 saturated heterocycles. The molecule has 0 aromatic heterocycles. The molecule has 4 nitrogen and oxygen atoms in total. The lowest BCUT2D eigenvalue weighted by atomic mass is 9.93. The highest BCUT2D eigenvalue weighted by Gasteiger charge is 2.34. The van der Waals surface area contributed by atoms with E-state index in [1.807, 2.05) is 51.8 Å². The van der Waals surface area contributed by atoms with E-state index in [-0.39, 0.29) is 23.2 Å². The van der Waals surface area contributed by atoms with E-state index in [2.05, 4.69) is 70.5 Å². The Morgan fingerprint density at radius 3 is 2.15 bits per heavy atom. The first-order valence-corrected chi connectivity index (χ1v) is 15.0. The molecule has 1 aliphatic heterocycles. The van der Waals surface area contributed by atoms with Crippen LogP contribution in [0, 0.1) is 5.41 Å². The zero-order valence-electron chi connectivity index (χ0n) is 27.7. The van der Waals surface area contributed by atoms with E-state index in [0.29, 0.717) is 0 Å². The van der Waals surface area contributed by atoms with Crippen LogP contribution in [-0.4, -0.2) is 47.1 Å². The molecule has 0 aromatic carbocycles. The Morgan fingerprint density at radius 1 is 1.02 bits per heavy atom. The third kappa shape index (κ3) is 13.6. The maximum atomic E-state index is 13.0. The predicted octanol–water partition coefficient (Wildman–Crippen LogP) is 9.74. The predicted molar refractivity (Wildman–Crippen MR) is 174 cm³/mol. The van der Waals surface area contributed by atoms with Gasteiger partial charge in [-0.05, 0) is 78.5 Å². The zero-order valence-corrected chi connectivity index (χ0v) is 27.7. The first-order valence-electron chi connectivity index (χ1n) is 15.0. The number of aliphatic imine (C=N–C) groups is 1. The largest absolute Gasteiger partial charge is 0.371 e. The lowest BCUT2D eigenvalue weighted by Gasteiger charge is -2.44. The van der Waals surface area contributed by atoms with Crippen molar-refractivity contribution in [3.63, 3.8) is 0 Å². The molecule has 0 spiro atoms. The van der Waals surface area contributed by atoms with Crippen molar-refractivity contribution in [3.05, 3.63) is 70.9 Å². The quantitative estimate of drug-likeness (QED) is 0.199. The summed E-state index contributed by atoms with van der Waals surface area (Å²) in [7, 11) is 0. The first kappa shape index (κ1) is 37.3. The van der Waals surface area contributed by atoms with Gasteiger partial charge in [0.25, 0.3) is 0 Å². The summed E-state index contributed by atoms with van der Waals surface area (Å²) in [5.74, 6) is 0.0826. The molecule has 1 rings (SSSR count). The minimum absolute atomic E-state index is 0.157. The van der Waals surface area contributed by atoms with Gasteiger partial charge in [-0.25, -0.2) is 4.39 Å². The second kappa shape index (κ2) is 19.4. The standard InChI is InChI=1S/C23H39N3O.C12H19F/c1-10-12-13-24-19(5)21(17(3)11-2)20(6)25-14-15-26(18(4)16-25)22(27)23(7,8)9;1-4-6-7-9-12(13)10-11(3)8-5-2/h11-13,18H,10,14-16H2,1-9H3;6-7,9-10H,4-5,8H2,1-3H3/b13-12+,17-11-,21-20+,24-19+;7-6+,11-10+,12-9+. The van der Waals surface area contributed by atoms with Gasteiger partial charge in [-0.3, -0.25) is 9.79 Å². The Kier molecular flexibility index (Phi) is 18.1. The molecule has 5 heteroatoms. The van der Waals surface area contributed by atoms with Gasteiger partial charge in [0.05, 0.1) is 0 Å². The van der Waals surface area contributed by atoms with Crippen LogP contribution in [0.25, 0.3) is 0 Å². The van der Waals surface area contributed by atoms with Crippen LogP contribution in [0.1, 0.15) is 109 Å². The Bertz CT molecular complexity index is 1000. The summed E-state index contributed by atoms with van der Waals surface area (Å²) in [4.78, 5) is 21.8. The fourth-order valence-corrected chi connectivity index (χ4v) is 4.51. The first-order chi connectivity index (χ1) is 18.7. The molecule has 226 valence electrons. The molecular weight excluding hydrogens is 497 g/mol. The smallest absolute Gasteiger partial charge is 0.228 e. The second-order valence-electron chi connectivity index (χ2n) is 11.6. The van der Waals surface area contributed by atoms with Gasteiger partial charge in [-0.2, -0.15) is 0 Å². The number of carbonyl (C=O) groups is 1. The van der Waals surface area contributed by atoms with Gasteiger partial charge in [-0.15, -0.1) is 0 Å². The van der Waals surface area contributed by atoms with E-state index in [1.165, 1.54) is 22.9 Å². The highest BCUT2D eigenvalue weighted by atomic mass is 19.1. The molecule has 0 bridgehead atoms. The van der Waals surface area contributed by atoms with Crippen LogP contribution >= 0.6 is 0 Å². The van der Waals surface area contributed by atoms with Crippen LogP contribution in [-0.2, 0) is 4.79 Å². The number of hydrogen-bond donors (Lipinski definition) is 0. The minimum atomic E-state index is -0.330. The monoisotopic (exact) mass is 555 g/mol. The molecule has 0 saturated carbocycles. The maximum absolute atomic E-state index is 13.0. The molecule has 0 N–H and O–H groups in total. The van der Waals surface area contributed by atoms with Crippen LogP contribution in [0.3, 0.4) is 0 Å². The van der Waals surface area contributed by atoms with Crippen LogP contribution < -0.4 is 0 Å². The summed E-state index contributed by atoms with van der Waals surface area (Å²) in [6, 6.07) is 0.199. The third-order valence-electron chi connectivity index (χ3n) is 6.82. The summed E-state index contributed by atoms with van der Waals surface area (Å²) in [5, 5.41) is 0. The molecule has 0 aliphatic carbocycles. The van der Waals surface area contributed by atoms with Gasteiger partial charge in [0.15, 0.2) is 0 Å². The second-order valence-corrected chi connectivity index (χ2v) is 11.6. The summed E-state index contributed by atoms with van der Waals surface area (Å²) in [6.07, 6.45) is 16.9. The van der Waals surface area contributed by atoms with Crippen molar-refractivity contribution in [2.45, 2.75) is 115 Å². The SMILES string of the molecule is CC/C=C/C=C(F)\C=C(/C)CCC.C\C=C(C)/C(C(/C)=N/C=C/CC)=C(/C)N1CCN(C(=O)C(C)(C)C)C(C)C1. The van der Waals surface area contributed by atoms with E-state index >= 15 is 0 Å². The Morgan fingerprint density at radius 2 is 1.65 bits per heavy atom. The number of amides is 1. The molecule has 1 aliphatic rings. The van der Waals surface area contributed by atoms with Crippen molar-refractivity contribution >= 4 is 11.6 Å². The number of halogens is 1. The number of rotatable bonds is 10. The van der Waals surface area contributed by atoms with Gasteiger partial charge in [0.1, 0.15) is 5.83 Å². The highest BCUT2D eigenvalue weighted by molar-refractivity contribution is 6.02. The number of piperazine rings is 1. The molecule has 1 amide bonds. The van der Waals surface area contributed by atoms with Crippen molar-refractivity contribution in [2.75, 3.05) is 19.6 Å². The van der Waals surface area contributed by atoms with Crippen molar-refractivity contribution in [2.24, 2.45) is 10.4 Å². The van der Waals surface area contributed by atoms with E-state index in [9.17, 15) is 9.18 Å². The number of hydrogen-bond acceptors (Lipinski definition) is 3.